The average molecular weight is 428 g/mol. The summed E-state index contributed by atoms with van der Waals surface area (Å²) in [6, 6.07) is 33.2. The Balaban J connectivity index is 1.38. The minimum Gasteiger partial charge on any atom is -0.361 e. The Kier molecular flexibility index (Phi) is 5.48. The van der Waals surface area contributed by atoms with Crippen molar-refractivity contribution in [1.82, 2.24) is 4.98 Å². The molecular formula is C32H29N. The van der Waals surface area contributed by atoms with Crippen LogP contribution in [0.2, 0.25) is 0 Å². The summed E-state index contributed by atoms with van der Waals surface area (Å²) < 4.78 is 0. The van der Waals surface area contributed by atoms with Crippen LogP contribution in [0.3, 0.4) is 0 Å². The first-order valence-electron chi connectivity index (χ1n) is 11.5. The van der Waals surface area contributed by atoms with E-state index in [0.717, 1.165) is 5.69 Å². The standard InChI is InChI=1S/C32H29N/c1-21-5-15-30(23(3)17-21)26-9-7-25(8-10-26)29-19-32(33-20-29)28-13-11-27(12-14-28)31-16-6-22(2)18-24(31)4/h5-20,33H,1-4H3. The molecule has 4 aromatic carbocycles. The van der Waals surface area contributed by atoms with Crippen LogP contribution in [0.5, 0.6) is 0 Å². The molecule has 1 N–H and O–H groups in total. The second-order valence-corrected chi connectivity index (χ2v) is 9.09. The number of aromatic nitrogens is 1. The third-order valence-electron chi connectivity index (χ3n) is 6.48. The molecule has 5 aromatic rings. The molecule has 0 unspecified atom stereocenters. The topological polar surface area (TPSA) is 15.8 Å². The fraction of sp³-hybridized carbons (Fsp3) is 0.125. The molecule has 0 aliphatic heterocycles. The van der Waals surface area contributed by atoms with Gasteiger partial charge in [-0.2, -0.15) is 0 Å². The molecular weight excluding hydrogens is 398 g/mol. The number of nitrogens with one attached hydrogen (secondary N) is 1. The molecule has 0 aliphatic rings. The van der Waals surface area contributed by atoms with Gasteiger partial charge in [0.1, 0.15) is 0 Å². The van der Waals surface area contributed by atoms with E-state index in [-0.39, 0.29) is 0 Å². The quantitative estimate of drug-likeness (QED) is 0.295. The Morgan fingerprint density at radius 3 is 1.36 bits per heavy atom. The molecule has 0 fully saturated rings. The lowest BCUT2D eigenvalue weighted by Crippen LogP contribution is -1.85. The first kappa shape index (κ1) is 21.0. The monoisotopic (exact) mass is 427 g/mol. The zero-order valence-electron chi connectivity index (χ0n) is 19.7. The fourth-order valence-corrected chi connectivity index (χ4v) is 4.67. The third kappa shape index (κ3) is 4.27. The summed E-state index contributed by atoms with van der Waals surface area (Å²) in [7, 11) is 0. The molecule has 0 bridgehead atoms. The first-order valence-corrected chi connectivity index (χ1v) is 11.5. The van der Waals surface area contributed by atoms with Gasteiger partial charge in [0.15, 0.2) is 0 Å². The van der Waals surface area contributed by atoms with Gasteiger partial charge in [-0.15, -0.1) is 0 Å². The summed E-state index contributed by atoms with van der Waals surface area (Å²) in [6.45, 7) is 8.64. The number of benzene rings is 4. The number of hydrogen-bond donors (Lipinski definition) is 1. The van der Waals surface area contributed by atoms with Gasteiger partial charge in [0, 0.05) is 11.9 Å². The highest BCUT2D eigenvalue weighted by Crippen LogP contribution is 2.31. The molecule has 0 radical (unpaired) electrons. The lowest BCUT2D eigenvalue weighted by molar-refractivity contribution is 1.38. The minimum absolute atomic E-state index is 1.13. The highest BCUT2D eigenvalue weighted by atomic mass is 14.7. The van der Waals surface area contributed by atoms with E-state index in [4.69, 9.17) is 0 Å². The van der Waals surface area contributed by atoms with E-state index in [1.807, 2.05) is 0 Å². The van der Waals surface area contributed by atoms with Crippen molar-refractivity contribution in [1.29, 1.82) is 0 Å². The van der Waals surface area contributed by atoms with Gasteiger partial charge in [-0.1, -0.05) is 96.1 Å². The summed E-state index contributed by atoms with van der Waals surface area (Å²) in [5.74, 6) is 0. The predicted molar refractivity (Wildman–Crippen MR) is 141 cm³/mol. The van der Waals surface area contributed by atoms with Crippen LogP contribution >= 0.6 is 0 Å². The highest BCUT2D eigenvalue weighted by Gasteiger charge is 2.08. The average Bonchev–Trinajstić information content (AvgIpc) is 3.30. The van der Waals surface area contributed by atoms with Crippen molar-refractivity contribution >= 4 is 0 Å². The fourth-order valence-electron chi connectivity index (χ4n) is 4.67. The number of aryl methyl sites for hydroxylation is 4. The smallest absolute Gasteiger partial charge is 0.0460 e. The summed E-state index contributed by atoms with van der Waals surface area (Å²) in [5, 5.41) is 0. The molecule has 162 valence electrons. The van der Waals surface area contributed by atoms with Gasteiger partial charge < -0.3 is 4.98 Å². The molecule has 1 aromatic heterocycles. The number of rotatable bonds is 4. The van der Waals surface area contributed by atoms with E-state index in [2.05, 4.69) is 130 Å². The molecule has 1 heterocycles. The van der Waals surface area contributed by atoms with Crippen LogP contribution < -0.4 is 0 Å². The van der Waals surface area contributed by atoms with Crippen LogP contribution in [0.1, 0.15) is 22.3 Å². The van der Waals surface area contributed by atoms with Gasteiger partial charge >= 0.3 is 0 Å². The molecule has 0 spiro atoms. The molecule has 0 atom stereocenters. The van der Waals surface area contributed by atoms with Crippen LogP contribution in [0.25, 0.3) is 44.6 Å². The lowest BCUT2D eigenvalue weighted by atomic mass is 9.96. The van der Waals surface area contributed by atoms with Crippen molar-refractivity contribution in [2.24, 2.45) is 0 Å². The highest BCUT2D eigenvalue weighted by molar-refractivity contribution is 5.76. The van der Waals surface area contributed by atoms with Gasteiger partial charge in [-0.25, -0.2) is 0 Å². The Bertz CT molecular complexity index is 1310. The summed E-state index contributed by atoms with van der Waals surface area (Å²) in [5.41, 5.74) is 15.1. The van der Waals surface area contributed by atoms with Crippen molar-refractivity contribution in [3.05, 3.63) is 119 Å². The molecule has 33 heavy (non-hydrogen) atoms. The molecule has 0 saturated heterocycles. The van der Waals surface area contributed by atoms with Crippen LogP contribution in [-0.4, -0.2) is 4.98 Å². The summed E-state index contributed by atoms with van der Waals surface area (Å²) in [6.07, 6.45) is 2.10. The van der Waals surface area contributed by atoms with Crippen molar-refractivity contribution in [2.45, 2.75) is 27.7 Å². The van der Waals surface area contributed by atoms with E-state index < -0.39 is 0 Å². The normalized spacial score (nSPS) is 11.0. The van der Waals surface area contributed by atoms with Crippen LogP contribution in [0.15, 0.2) is 97.2 Å². The molecule has 5 rings (SSSR count). The Hall–Kier alpha value is -3.84. The van der Waals surface area contributed by atoms with Crippen LogP contribution in [-0.2, 0) is 0 Å². The van der Waals surface area contributed by atoms with Crippen molar-refractivity contribution < 1.29 is 0 Å². The van der Waals surface area contributed by atoms with E-state index in [0.29, 0.717) is 0 Å². The Morgan fingerprint density at radius 1 is 0.424 bits per heavy atom. The maximum atomic E-state index is 3.46. The van der Waals surface area contributed by atoms with Gasteiger partial charge in [-0.3, -0.25) is 0 Å². The largest absolute Gasteiger partial charge is 0.361 e. The van der Waals surface area contributed by atoms with E-state index >= 15 is 0 Å². The third-order valence-corrected chi connectivity index (χ3v) is 6.48. The maximum Gasteiger partial charge on any atom is 0.0460 e. The Labute approximate surface area is 196 Å². The molecule has 1 nitrogen and oxygen atoms in total. The van der Waals surface area contributed by atoms with E-state index in [1.165, 1.54) is 61.2 Å². The van der Waals surface area contributed by atoms with Gasteiger partial charge in [0.25, 0.3) is 0 Å². The SMILES string of the molecule is Cc1ccc(-c2ccc(-c3c[nH]c(-c4ccc(-c5ccc(C)cc5C)cc4)c3)cc2)c(C)c1. The predicted octanol–water partition coefficient (Wildman–Crippen LogP) is 8.92. The number of aromatic amines is 1. The van der Waals surface area contributed by atoms with E-state index in [9.17, 15) is 0 Å². The van der Waals surface area contributed by atoms with Crippen molar-refractivity contribution in [3.63, 3.8) is 0 Å². The summed E-state index contributed by atoms with van der Waals surface area (Å²) in [4.78, 5) is 3.46. The Morgan fingerprint density at radius 2 is 0.879 bits per heavy atom. The van der Waals surface area contributed by atoms with Crippen LogP contribution in [0.4, 0.5) is 0 Å². The molecule has 1 heteroatoms. The molecule has 0 saturated carbocycles. The molecule has 0 aliphatic carbocycles. The van der Waals surface area contributed by atoms with Crippen molar-refractivity contribution in [2.75, 3.05) is 0 Å². The van der Waals surface area contributed by atoms with Gasteiger partial charge in [0.05, 0.1) is 0 Å². The van der Waals surface area contributed by atoms with Gasteiger partial charge in [0.2, 0.25) is 0 Å². The van der Waals surface area contributed by atoms with E-state index in [1.54, 1.807) is 0 Å². The molecule has 0 amide bonds. The zero-order valence-corrected chi connectivity index (χ0v) is 19.7. The van der Waals surface area contributed by atoms with Crippen LogP contribution in [0, 0.1) is 27.7 Å². The maximum absolute atomic E-state index is 3.46. The second kappa shape index (κ2) is 8.60. The minimum atomic E-state index is 1.13. The first-order chi connectivity index (χ1) is 16.0. The number of H-pyrrole nitrogens is 1. The van der Waals surface area contributed by atoms with Crippen molar-refractivity contribution in [3.8, 4) is 44.6 Å². The summed E-state index contributed by atoms with van der Waals surface area (Å²) >= 11 is 0. The lowest BCUT2D eigenvalue weighted by Gasteiger charge is -2.08. The van der Waals surface area contributed by atoms with Gasteiger partial charge in [-0.05, 0) is 83.8 Å². The number of hydrogen-bond acceptors (Lipinski definition) is 0. The zero-order chi connectivity index (χ0) is 22.9. The second-order valence-electron chi connectivity index (χ2n) is 9.09.